The Hall–Kier alpha value is -1.10. The van der Waals surface area contributed by atoms with E-state index >= 15 is 0 Å². The molecule has 0 saturated heterocycles. The molecule has 18 heavy (non-hydrogen) atoms. The minimum Gasteiger partial charge on any atom is -0.497 e. The first-order chi connectivity index (χ1) is 8.69. The predicted octanol–water partition coefficient (Wildman–Crippen LogP) is 2.61. The van der Waals surface area contributed by atoms with Crippen LogP contribution in [-0.2, 0) is 20.8 Å². The number of hydrogen-bond acceptors (Lipinski definition) is 4. The predicted molar refractivity (Wildman–Crippen MR) is 69.7 cm³/mol. The number of ether oxygens (including phenoxy) is 4. The normalized spacial score (nSPS) is 12.7. The highest BCUT2D eigenvalue weighted by atomic mass is 16.7. The van der Waals surface area contributed by atoms with Crippen molar-refractivity contribution in [1.29, 1.82) is 0 Å². The summed E-state index contributed by atoms with van der Waals surface area (Å²) in [5.41, 5.74) is 1.12. The summed E-state index contributed by atoms with van der Waals surface area (Å²) >= 11 is 0. The van der Waals surface area contributed by atoms with Crippen molar-refractivity contribution >= 4 is 0 Å². The number of methoxy groups -OCH3 is 3. The Morgan fingerprint density at radius 1 is 1.00 bits per heavy atom. The second kappa shape index (κ2) is 8.08. The van der Waals surface area contributed by atoms with Crippen LogP contribution >= 0.6 is 0 Å². The molecule has 1 aromatic carbocycles. The van der Waals surface area contributed by atoms with E-state index in [4.69, 9.17) is 18.9 Å². The molecule has 102 valence electrons. The van der Waals surface area contributed by atoms with Crippen molar-refractivity contribution in [2.45, 2.75) is 32.3 Å². The molecule has 0 heterocycles. The fourth-order valence-corrected chi connectivity index (χ4v) is 1.59. The van der Waals surface area contributed by atoms with Gasteiger partial charge in [-0.25, -0.2) is 0 Å². The van der Waals surface area contributed by atoms with Gasteiger partial charge in [-0.1, -0.05) is 12.1 Å². The number of benzene rings is 1. The van der Waals surface area contributed by atoms with Gasteiger partial charge >= 0.3 is 0 Å². The smallest absolute Gasteiger partial charge is 0.159 e. The molecule has 0 unspecified atom stereocenters. The second-order valence-corrected chi connectivity index (χ2v) is 4.11. The van der Waals surface area contributed by atoms with Crippen LogP contribution in [-0.4, -0.2) is 33.7 Å². The minimum atomic E-state index is -0.212. The molecule has 0 aliphatic carbocycles. The monoisotopic (exact) mass is 254 g/mol. The maximum atomic E-state index is 5.73. The summed E-state index contributed by atoms with van der Waals surface area (Å²) in [5.74, 6) is 0.852. The molecule has 0 aliphatic rings. The molecule has 1 atom stereocenters. The van der Waals surface area contributed by atoms with Gasteiger partial charge in [0.2, 0.25) is 0 Å². The lowest BCUT2D eigenvalue weighted by Gasteiger charge is -2.19. The molecule has 0 fully saturated rings. The third-order valence-electron chi connectivity index (χ3n) is 2.74. The molecule has 0 N–H and O–H groups in total. The Bertz CT molecular complexity index is 319. The van der Waals surface area contributed by atoms with Crippen molar-refractivity contribution in [3.8, 4) is 5.75 Å². The van der Waals surface area contributed by atoms with Crippen molar-refractivity contribution in [2.24, 2.45) is 0 Å². The summed E-state index contributed by atoms with van der Waals surface area (Å²) in [7, 11) is 4.91. The minimum absolute atomic E-state index is 0.0806. The lowest BCUT2D eigenvalue weighted by molar-refractivity contribution is -0.128. The Kier molecular flexibility index (Phi) is 6.72. The van der Waals surface area contributed by atoms with Crippen LogP contribution in [0, 0.1) is 0 Å². The van der Waals surface area contributed by atoms with Gasteiger partial charge in [-0.15, -0.1) is 0 Å². The van der Waals surface area contributed by atoms with E-state index in [0.29, 0.717) is 13.0 Å². The Morgan fingerprint density at radius 2 is 1.61 bits per heavy atom. The zero-order valence-corrected chi connectivity index (χ0v) is 11.5. The van der Waals surface area contributed by atoms with Gasteiger partial charge in [0, 0.05) is 20.6 Å². The summed E-state index contributed by atoms with van der Waals surface area (Å²) in [4.78, 5) is 0. The van der Waals surface area contributed by atoms with E-state index in [1.54, 1.807) is 21.3 Å². The van der Waals surface area contributed by atoms with E-state index in [9.17, 15) is 0 Å². The molecule has 4 heteroatoms. The van der Waals surface area contributed by atoms with E-state index in [1.165, 1.54) is 0 Å². The van der Waals surface area contributed by atoms with Crippen LogP contribution in [0.4, 0.5) is 0 Å². The van der Waals surface area contributed by atoms with Crippen molar-refractivity contribution in [3.63, 3.8) is 0 Å². The molecule has 0 bridgehead atoms. The third-order valence-corrected chi connectivity index (χ3v) is 2.74. The van der Waals surface area contributed by atoms with Crippen LogP contribution in [0.3, 0.4) is 0 Å². The van der Waals surface area contributed by atoms with E-state index in [2.05, 4.69) is 0 Å². The number of hydrogen-bond donors (Lipinski definition) is 0. The van der Waals surface area contributed by atoms with Gasteiger partial charge < -0.3 is 18.9 Å². The van der Waals surface area contributed by atoms with Crippen LogP contribution in [0.2, 0.25) is 0 Å². The van der Waals surface area contributed by atoms with Gasteiger partial charge in [-0.2, -0.15) is 0 Å². The van der Waals surface area contributed by atoms with Gasteiger partial charge in [0.05, 0.1) is 19.8 Å². The first-order valence-corrected chi connectivity index (χ1v) is 5.99. The lowest BCUT2D eigenvalue weighted by Crippen LogP contribution is -2.21. The SMILES string of the molecule is COc1ccc(CO[C@H](C)CC(OC)OC)cc1. The Balaban J connectivity index is 2.34. The zero-order chi connectivity index (χ0) is 13.4. The van der Waals surface area contributed by atoms with Gasteiger partial charge in [0.15, 0.2) is 6.29 Å². The average molecular weight is 254 g/mol. The fraction of sp³-hybridized carbons (Fsp3) is 0.571. The van der Waals surface area contributed by atoms with Crippen molar-refractivity contribution in [3.05, 3.63) is 29.8 Å². The summed E-state index contributed by atoms with van der Waals surface area (Å²) in [6.07, 6.45) is 0.580. The van der Waals surface area contributed by atoms with Crippen LogP contribution < -0.4 is 4.74 Å². The molecule has 0 radical (unpaired) electrons. The highest BCUT2D eigenvalue weighted by molar-refractivity contribution is 5.26. The molecule has 1 rings (SSSR count). The van der Waals surface area contributed by atoms with Crippen LogP contribution in [0.15, 0.2) is 24.3 Å². The maximum Gasteiger partial charge on any atom is 0.159 e. The molecule has 0 aromatic heterocycles. The van der Waals surface area contributed by atoms with E-state index in [-0.39, 0.29) is 12.4 Å². The summed E-state index contributed by atoms with van der Waals surface area (Å²) in [6, 6.07) is 7.85. The van der Waals surface area contributed by atoms with Crippen LogP contribution in [0.25, 0.3) is 0 Å². The van der Waals surface area contributed by atoms with Gasteiger partial charge in [-0.3, -0.25) is 0 Å². The standard InChI is InChI=1S/C14H22O4/c1-11(9-14(16-3)17-4)18-10-12-5-7-13(15-2)8-6-12/h5-8,11,14H,9-10H2,1-4H3/t11-/m1/s1. The molecule has 4 nitrogen and oxygen atoms in total. The molecule has 0 spiro atoms. The topological polar surface area (TPSA) is 36.9 Å². The van der Waals surface area contributed by atoms with Crippen molar-refractivity contribution in [1.82, 2.24) is 0 Å². The van der Waals surface area contributed by atoms with Crippen LogP contribution in [0.1, 0.15) is 18.9 Å². The highest BCUT2D eigenvalue weighted by Gasteiger charge is 2.11. The third kappa shape index (κ3) is 5.04. The fourth-order valence-electron chi connectivity index (χ4n) is 1.59. The Labute approximate surface area is 109 Å². The highest BCUT2D eigenvalue weighted by Crippen LogP contribution is 2.14. The van der Waals surface area contributed by atoms with E-state index in [0.717, 1.165) is 11.3 Å². The Morgan fingerprint density at radius 3 is 2.11 bits per heavy atom. The number of rotatable bonds is 8. The average Bonchev–Trinajstić information content (AvgIpc) is 2.43. The van der Waals surface area contributed by atoms with Gasteiger partial charge in [-0.05, 0) is 24.6 Å². The molecule has 0 amide bonds. The largest absolute Gasteiger partial charge is 0.497 e. The van der Waals surface area contributed by atoms with Gasteiger partial charge in [0.25, 0.3) is 0 Å². The van der Waals surface area contributed by atoms with Crippen molar-refractivity contribution < 1.29 is 18.9 Å². The lowest BCUT2D eigenvalue weighted by atomic mass is 10.2. The first kappa shape index (κ1) is 15.0. The van der Waals surface area contributed by atoms with Crippen LogP contribution in [0.5, 0.6) is 5.75 Å². The molecular weight excluding hydrogens is 232 g/mol. The maximum absolute atomic E-state index is 5.73. The van der Waals surface area contributed by atoms with Gasteiger partial charge in [0.1, 0.15) is 5.75 Å². The second-order valence-electron chi connectivity index (χ2n) is 4.11. The molecule has 1 aromatic rings. The molecular formula is C14H22O4. The van der Waals surface area contributed by atoms with E-state index in [1.807, 2.05) is 31.2 Å². The summed E-state index contributed by atoms with van der Waals surface area (Å²) < 4.78 is 21.1. The summed E-state index contributed by atoms with van der Waals surface area (Å²) in [6.45, 7) is 2.58. The first-order valence-electron chi connectivity index (χ1n) is 5.99. The van der Waals surface area contributed by atoms with E-state index < -0.39 is 0 Å². The van der Waals surface area contributed by atoms with Crippen molar-refractivity contribution in [2.75, 3.05) is 21.3 Å². The quantitative estimate of drug-likeness (QED) is 0.668. The molecule has 0 saturated carbocycles. The zero-order valence-electron chi connectivity index (χ0n) is 11.5. The molecule has 0 aliphatic heterocycles. The summed E-state index contributed by atoms with van der Waals surface area (Å²) in [5, 5.41) is 0.